The first kappa shape index (κ1) is 24.9. The van der Waals surface area contributed by atoms with Crippen LogP contribution >= 0.6 is 24.0 Å². The van der Waals surface area contributed by atoms with Crippen molar-refractivity contribution in [2.45, 2.75) is 44.9 Å². The van der Waals surface area contributed by atoms with Crippen molar-refractivity contribution in [3.63, 3.8) is 0 Å². The summed E-state index contributed by atoms with van der Waals surface area (Å²) in [5, 5.41) is 6.80. The molecule has 160 valence electrons. The third-order valence-corrected chi connectivity index (χ3v) is 6.77. The van der Waals surface area contributed by atoms with Crippen LogP contribution in [0, 0.1) is 5.92 Å². The highest BCUT2D eigenvalue weighted by Crippen LogP contribution is 2.18. The van der Waals surface area contributed by atoms with Gasteiger partial charge in [-0.05, 0) is 57.7 Å². The van der Waals surface area contributed by atoms with Crippen LogP contribution in [0.2, 0.25) is 0 Å². The third kappa shape index (κ3) is 9.76. The Labute approximate surface area is 182 Å². The van der Waals surface area contributed by atoms with Crippen molar-refractivity contribution < 1.29 is 8.42 Å². The first-order valence-electron chi connectivity index (χ1n) is 10.1. The lowest BCUT2D eigenvalue weighted by Crippen LogP contribution is -2.44. The zero-order chi connectivity index (χ0) is 18.8. The first-order valence-corrected chi connectivity index (χ1v) is 12.0. The lowest BCUT2D eigenvalue weighted by atomic mass is 9.98. The fraction of sp³-hybridized carbons (Fsp3) is 0.944. The number of aliphatic imine (C=N–C) groups is 1. The van der Waals surface area contributed by atoms with Crippen LogP contribution in [0.3, 0.4) is 0 Å². The number of nitrogens with zero attached hydrogens (tertiary/aromatic N) is 3. The average Bonchev–Trinajstić information content (AvgIpc) is 2.89. The van der Waals surface area contributed by atoms with Gasteiger partial charge >= 0.3 is 0 Å². The maximum Gasteiger partial charge on any atom is 0.211 e. The number of nitrogens with one attached hydrogen (secondary N) is 2. The van der Waals surface area contributed by atoms with Gasteiger partial charge in [-0.3, -0.25) is 4.99 Å². The fourth-order valence-electron chi connectivity index (χ4n) is 3.78. The molecule has 7 nitrogen and oxygen atoms in total. The third-order valence-electron chi connectivity index (χ3n) is 5.47. The Bertz CT molecular complexity index is 528. The molecule has 0 aromatic rings. The summed E-state index contributed by atoms with van der Waals surface area (Å²) in [5.74, 6) is 1.36. The van der Waals surface area contributed by atoms with Gasteiger partial charge in [-0.25, -0.2) is 12.7 Å². The highest BCUT2D eigenvalue weighted by Gasteiger charge is 2.24. The molecule has 27 heavy (non-hydrogen) atoms. The Hall–Kier alpha value is -0.130. The molecule has 0 bridgehead atoms. The fourth-order valence-corrected chi connectivity index (χ4v) is 4.65. The second-order valence-corrected chi connectivity index (χ2v) is 9.58. The zero-order valence-corrected chi connectivity index (χ0v) is 20.1. The predicted molar refractivity (Wildman–Crippen MR) is 123 cm³/mol. The molecule has 2 saturated heterocycles. The van der Waals surface area contributed by atoms with Crippen LogP contribution in [-0.2, 0) is 10.0 Å². The van der Waals surface area contributed by atoms with E-state index in [2.05, 4.69) is 20.5 Å². The van der Waals surface area contributed by atoms with E-state index in [4.69, 9.17) is 0 Å². The zero-order valence-electron chi connectivity index (χ0n) is 17.0. The van der Waals surface area contributed by atoms with Crippen molar-refractivity contribution in [3.8, 4) is 0 Å². The molecule has 0 atom stereocenters. The molecule has 0 spiro atoms. The maximum absolute atomic E-state index is 11.6. The van der Waals surface area contributed by atoms with E-state index in [-0.39, 0.29) is 24.0 Å². The number of guanidine groups is 1. The van der Waals surface area contributed by atoms with Crippen LogP contribution < -0.4 is 10.6 Å². The van der Waals surface area contributed by atoms with E-state index in [0.717, 1.165) is 44.9 Å². The van der Waals surface area contributed by atoms with Crippen LogP contribution in [0.15, 0.2) is 4.99 Å². The molecule has 0 aliphatic carbocycles. The molecule has 0 amide bonds. The Kier molecular flexibility index (Phi) is 12.1. The molecule has 2 rings (SSSR count). The van der Waals surface area contributed by atoms with Crippen molar-refractivity contribution >= 4 is 40.0 Å². The largest absolute Gasteiger partial charge is 0.356 e. The van der Waals surface area contributed by atoms with Crippen molar-refractivity contribution in [3.05, 3.63) is 0 Å². The van der Waals surface area contributed by atoms with Gasteiger partial charge in [0.1, 0.15) is 0 Å². The lowest BCUT2D eigenvalue weighted by molar-refractivity contribution is 0.274. The number of likely N-dealkylation sites (tertiary alicyclic amines) is 1. The van der Waals surface area contributed by atoms with Crippen molar-refractivity contribution in [1.29, 1.82) is 0 Å². The second-order valence-electron chi connectivity index (χ2n) is 7.59. The Morgan fingerprint density at radius 3 is 2.22 bits per heavy atom. The van der Waals surface area contributed by atoms with E-state index in [0.29, 0.717) is 19.0 Å². The number of halogens is 1. The summed E-state index contributed by atoms with van der Waals surface area (Å²) in [4.78, 5) is 6.88. The molecule has 0 saturated carbocycles. The molecule has 2 aliphatic heterocycles. The van der Waals surface area contributed by atoms with Gasteiger partial charge in [0.15, 0.2) is 5.96 Å². The maximum atomic E-state index is 11.6. The van der Waals surface area contributed by atoms with Crippen molar-refractivity contribution in [1.82, 2.24) is 19.8 Å². The van der Waals surface area contributed by atoms with Crippen molar-refractivity contribution in [2.75, 3.05) is 59.1 Å². The van der Waals surface area contributed by atoms with Crippen LogP contribution in [-0.4, -0.2) is 82.7 Å². The highest BCUT2D eigenvalue weighted by atomic mass is 127. The summed E-state index contributed by atoms with van der Waals surface area (Å²) in [6.07, 6.45) is 9.70. The van der Waals surface area contributed by atoms with Gasteiger partial charge < -0.3 is 15.5 Å². The number of hydrogen-bond acceptors (Lipinski definition) is 4. The lowest BCUT2D eigenvalue weighted by Gasteiger charge is -2.30. The van der Waals surface area contributed by atoms with Gasteiger partial charge in [0.2, 0.25) is 10.0 Å². The van der Waals surface area contributed by atoms with Crippen LogP contribution in [0.5, 0.6) is 0 Å². The standard InChI is InChI=1S/C18H37N5O2S.HI/c1-19-18(20-10-7-13-22-11-5-3-4-6-12-22)21-16-17-8-14-23(15-9-17)26(2,24)25;/h17H,3-16H2,1-2H3,(H2,19,20,21);1H. The summed E-state index contributed by atoms with van der Waals surface area (Å²) in [6.45, 7) is 6.71. The summed E-state index contributed by atoms with van der Waals surface area (Å²) in [6, 6.07) is 0. The van der Waals surface area contributed by atoms with Gasteiger partial charge in [-0.1, -0.05) is 12.8 Å². The molecular formula is C18H38IN5O2S. The minimum Gasteiger partial charge on any atom is -0.356 e. The molecule has 2 heterocycles. The van der Waals surface area contributed by atoms with Crippen molar-refractivity contribution in [2.24, 2.45) is 10.9 Å². The van der Waals surface area contributed by atoms with Gasteiger partial charge in [0.05, 0.1) is 6.26 Å². The van der Waals surface area contributed by atoms with E-state index >= 15 is 0 Å². The van der Waals surface area contributed by atoms with Crippen LogP contribution in [0.1, 0.15) is 44.9 Å². The van der Waals surface area contributed by atoms with Crippen LogP contribution in [0.25, 0.3) is 0 Å². The summed E-state index contributed by atoms with van der Waals surface area (Å²) in [7, 11) is -1.24. The smallest absolute Gasteiger partial charge is 0.211 e. The topological polar surface area (TPSA) is 77.0 Å². The van der Waals surface area contributed by atoms with Gasteiger partial charge in [0.25, 0.3) is 0 Å². The van der Waals surface area contributed by atoms with Crippen LogP contribution in [0.4, 0.5) is 0 Å². The molecule has 0 unspecified atom stereocenters. The van der Waals surface area contributed by atoms with E-state index < -0.39 is 10.0 Å². The monoisotopic (exact) mass is 515 g/mol. The molecule has 0 aromatic heterocycles. The first-order chi connectivity index (χ1) is 12.5. The predicted octanol–water partition coefficient (Wildman–Crippen LogP) is 1.71. The van der Waals surface area contributed by atoms with E-state index in [1.807, 2.05) is 0 Å². The molecular weight excluding hydrogens is 477 g/mol. The molecule has 2 fully saturated rings. The van der Waals surface area contributed by atoms with E-state index in [9.17, 15) is 8.42 Å². The Morgan fingerprint density at radius 2 is 1.67 bits per heavy atom. The molecule has 0 radical (unpaired) electrons. The average molecular weight is 516 g/mol. The minimum atomic E-state index is -3.04. The Morgan fingerprint density at radius 1 is 1.04 bits per heavy atom. The van der Waals surface area contributed by atoms with E-state index in [1.165, 1.54) is 45.0 Å². The molecule has 2 N–H and O–H groups in total. The highest BCUT2D eigenvalue weighted by molar-refractivity contribution is 14.0. The Balaban J connectivity index is 0.00000364. The quantitative estimate of drug-likeness (QED) is 0.234. The van der Waals surface area contributed by atoms with Gasteiger partial charge in [-0.15, -0.1) is 24.0 Å². The summed E-state index contributed by atoms with van der Waals surface area (Å²) >= 11 is 0. The second kappa shape index (κ2) is 13.2. The van der Waals surface area contributed by atoms with Gasteiger partial charge in [0, 0.05) is 33.2 Å². The SMILES string of the molecule is CN=C(NCCCN1CCCCCC1)NCC1CCN(S(C)(=O)=O)CC1.I. The number of hydrogen-bond donors (Lipinski definition) is 2. The number of sulfonamides is 1. The number of rotatable bonds is 7. The molecule has 2 aliphatic rings. The normalized spacial score (nSPS) is 21.3. The summed E-state index contributed by atoms with van der Waals surface area (Å²) in [5.41, 5.74) is 0. The minimum absolute atomic E-state index is 0. The summed E-state index contributed by atoms with van der Waals surface area (Å²) < 4.78 is 24.7. The number of piperidine rings is 1. The molecule has 9 heteroatoms. The van der Waals surface area contributed by atoms with E-state index in [1.54, 1.807) is 11.4 Å². The molecule has 0 aromatic carbocycles. The van der Waals surface area contributed by atoms with Gasteiger partial charge in [-0.2, -0.15) is 0 Å².